The smallest absolute Gasteiger partial charge is 0.724 e. The molecule has 0 spiro atoms. The summed E-state index contributed by atoms with van der Waals surface area (Å²) in [5.74, 6) is 0. The van der Waals surface area contributed by atoms with Gasteiger partial charge in [-0.15, -0.1) is 9.38 Å². The van der Waals surface area contributed by atoms with Crippen LogP contribution in [0.1, 0.15) is 0 Å². The van der Waals surface area contributed by atoms with Crippen molar-refractivity contribution in [2.75, 3.05) is 26.2 Å². The number of carbonyl (C=O) groups is 2. The van der Waals surface area contributed by atoms with E-state index in [2.05, 4.69) is 29.0 Å². The van der Waals surface area contributed by atoms with Crippen molar-refractivity contribution >= 4 is 44.3 Å². The third-order valence-corrected chi connectivity index (χ3v) is 6.28. The molecular weight excluding hydrogens is 579 g/mol. The van der Waals surface area contributed by atoms with E-state index in [-0.39, 0.29) is 55.7 Å². The number of aromatic nitrogens is 6. The van der Waals surface area contributed by atoms with Crippen molar-refractivity contribution in [1.29, 1.82) is 0 Å². The molecule has 2 aromatic heterocycles. The maximum atomic E-state index is 11.9. The van der Waals surface area contributed by atoms with Gasteiger partial charge in [0, 0.05) is 13.1 Å². The predicted octanol–water partition coefficient (Wildman–Crippen LogP) is -5.39. The number of amides is 4. The van der Waals surface area contributed by atoms with Crippen LogP contribution in [0.4, 0.5) is 9.59 Å². The molecule has 4 bridgehead atoms. The minimum atomic E-state index is -4.99. The van der Waals surface area contributed by atoms with Crippen LogP contribution in [0.5, 0.6) is 0 Å². The number of hydrogen-bond acceptors (Lipinski definition) is 13. The molecule has 1 unspecified atom stereocenters. The van der Waals surface area contributed by atoms with Crippen LogP contribution < -0.4 is 29.6 Å². The third-order valence-electron chi connectivity index (χ3n) is 5.59. The van der Waals surface area contributed by atoms with Crippen molar-refractivity contribution in [2.24, 2.45) is 0 Å². The van der Waals surface area contributed by atoms with E-state index in [4.69, 9.17) is 4.55 Å². The second kappa shape index (κ2) is 10.9. The van der Waals surface area contributed by atoms with Crippen LogP contribution in [0.25, 0.3) is 11.4 Å². The first kappa shape index (κ1) is 29.0. The summed E-state index contributed by atoms with van der Waals surface area (Å²) in [5.41, 5.74) is 1.32. The fraction of sp³-hybridized carbons (Fsp3) is 0.375. The van der Waals surface area contributed by atoms with E-state index in [9.17, 15) is 31.0 Å². The molecule has 4 aliphatic rings. The Hall–Kier alpha value is -2.96. The molecule has 2 atom stereocenters. The second-order valence-electron chi connectivity index (χ2n) is 8.10. The summed E-state index contributed by atoms with van der Waals surface area (Å²) in [7, 11) is -9.72. The van der Waals surface area contributed by atoms with Crippen LogP contribution in [-0.2, 0) is 29.4 Å². The summed E-state index contributed by atoms with van der Waals surface area (Å²) < 4.78 is 73.2. The van der Waals surface area contributed by atoms with Crippen molar-refractivity contribution in [2.45, 2.75) is 12.1 Å². The first-order valence-corrected chi connectivity index (χ1v) is 13.2. The summed E-state index contributed by atoms with van der Waals surface area (Å²) in [6.07, 6.45) is 9.14. The minimum absolute atomic E-state index is 0. The van der Waals surface area contributed by atoms with Gasteiger partial charge in [0.2, 0.25) is 10.4 Å². The molecule has 2 aromatic rings. The zero-order chi connectivity index (χ0) is 27.2. The zero-order valence-electron chi connectivity index (χ0n) is 19.9. The van der Waals surface area contributed by atoms with Crippen molar-refractivity contribution in [1.82, 2.24) is 49.7 Å². The van der Waals surface area contributed by atoms with Gasteiger partial charge in [-0.3, -0.25) is 4.55 Å². The number of fused-ring (bicyclic) bond motifs is 4. The Kier molecular flexibility index (Phi) is 8.11. The van der Waals surface area contributed by atoms with Gasteiger partial charge in [0.15, 0.2) is 0 Å². The third kappa shape index (κ3) is 6.44. The number of nitrogens with zero attached hydrogens (tertiary/aromatic N) is 10. The van der Waals surface area contributed by atoms with Gasteiger partial charge in [-0.25, -0.2) is 32.4 Å². The van der Waals surface area contributed by atoms with Gasteiger partial charge < -0.3 is 14.4 Å². The van der Waals surface area contributed by atoms with Gasteiger partial charge in [0.1, 0.15) is 24.7 Å². The van der Waals surface area contributed by atoms with Gasteiger partial charge >= 0.3 is 52.0 Å². The molecule has 0 radical (unpaired) electrons. The van der Waals surface area contributed by atoms with Crippen LogP contribution in [0.15, 0.2) is 37.2 Å². The predicted molar refractivity (Wildman–Crippen MR) is 117 cm³/mol. The molecule has 204 valence electrons. The molecule has 2 saturated heterocycles. The van der Waals surface area contributed by atoms with E-state index in [1.807, 2.05) is 0 Å². The van der Waals surface area contributed by atoms with Gasteiger partial charge in [-0.1, -0.05) is 5.21 Å². The molecule has 4 aliphatic heterocycles. The minimum Gasteiger partial charge on any atom is -0.724 e. The first-order valence-electron chi connectivity index (χ1n) is 10.5. The quantitative estimate of drug-likeness (QED) is 0.186. The molecule has 0 aromatic carbocycles. The zero-order valence-corrected chi connectivity index (χ0v) is 23.5. The second-order valence-corrected chi connectivity index (χ2v) is 10.1. The Morgan fingerprint density at radius 1 is 0.923 bits per heavy atom. The van der Waals surface area contributed by atoms with Gasteiger partial charge in [-0.2, -0.15) is 27.9 Å². The molecule has 20 nitrogen and oxygen atoms in total. The number of urea groups is 2. The summed E-state index contributed by atoms with van der Waals surface area (Å²) in [5, 5.41) is 12.5. The number of hydrogen-bond donors (Lipinski definition) is 1. The maximum absolute atomic E-state index is 11.9. The van der Waals surface area contributed by atoms with Crippen LogP contribution in [0, 0.1) is 0 Å². The number of hydroxylamine groups is 4. The molecule has 6 rings (SSSR count). The van der Waals surface area contributed by atoms with E-state index in [0.29, 0.717) is 21.5 Å². The van der Waals surface area contributed by atoms with E-state index >= 15 is 0 Å². The van der Waals surface area contributed by atoms with Crippen LogP contribution in [-0.4, -0.2) is 126 Å². The Balaban J connectivity index is 0.000000176. The van der Waals surface area contributed by atoms with Crippen molar-refractivity contribution in [3.05, 3.63) is 37.2 Å². The summed E-state index contributed by atoms with van der Waals surface area (Å²) >= 11 is 0. The Bertz CT molecular complexity index is 1400. The summed E-state index contributed by atoms with van der Waals surface area (Å²) in [4.78, 5) is 30.2. The largest absolute Gasteiger partial charge is 1.00 e. The number of rotatable bonds is 6. The van der Waals surface area contributed by atoms with E-state index < -0.39 is 44.9 Å². The number of carbonyl (C=O) groups excluding carboxylic acids is 2. The van der Waals surface area contributed by atoms with Crippen LogP contribution >= 0.6 is 0 Å². The monoisotopic (exact) mass is 596 g/mol. The summed E-state index contributed by atoms with van der Waals surface area (Å²) in [6, 6.07) is -2.56. The van der Waals surface area contributed by atoms with Gasteiger partial charge in [-0.05, 0) is 12.2 Å². The molecule has 0 aliphatic carbocycles. The molecule has 1 N–H and O–H groups in total. The Morgan fingerprint density at radius 3 is 1.95 bits per heavy atom. The first-order chi connectivity index (χ1) is 17.9. The topological polar surface area (TPSA) is 239 Å². The van der Waals surface area contributed by atoms with E-state index in [1.54, 1.807) is 18.3 Å². The molecule has 23 heteroatoms. The average Bonchev–Trinajstić information content (AvgIpc) is 3.63. The molecular formula is C16H17N10NaO10S2. The van der Waals surface area contributed by atoms with Gasteiger partial charge in [0.25, 0.3) is 0 Å². The van der Waals surface area contributed by atoms with Crippen molar-refractivity contribution in [3.8, 4) is 0 Å². The fourth-order valence-corrected chi connectivity index (χ4v) is 4.90. The molecule has 6 heterocycles. The van der Waals surface area contributed by atoms with Crippen LogP contribution in [0.3, 0.4) is 0 Å². The van der Waals surface area contributed by atoms with Crippen LogP contribution in [0.2, 0.25) is 0 Å². The maximum Gasteiger partial charge on any atom is 1.00 e. The van der Waals surface area contributed by atoms with Crippen molar-refractivity contribution in [3.63, 3.8) is 0 Å². The molecule has 39 heavy (non-hydrogen) atoms. The van der Waals surface area contributed by atoms with Gasteiger partial charge in [0.05, 0.1) is 36.9 Å². The molecule has 0 saturated carbocycles. The average molecular weight is 596 g/mol. The fourth-order valence-electron chi connectivity index (χ4n) is 4.15. The summed E-state index contributed by atoms with van der Waals surface area (Å²) in [6.45, 7) is 1.03. The van der Waals surface area contributed by atoms with Crippen molar-refractivity contribution < 1.29 is 73.7 Å². The van der Waals surface area contributed by atoms with E-state index in [0.717, 1.165) is 0 Å². The molecule has 4 amide bonds. The Labute approximate surface area is 242 Å². The van der Waals surface area contributed by atoms with E-state index in [1.165, 1.54) is 38.0 Å². The SMILES string of the molecule is O=C1N2CC(n3ccnn3)=C[C@H](C2)N1OS(=O)(=O)[O-].O=C1N2CC(n3cncn3)=CC(C2)N1OS(=O)(=O)O.[Na+]. The molecule has 2 fully saturated rings. The normalized spacial score (nSPS) is 22.3. The Morgan fingerprint density at radius 2 is 1.49 bits per heavy atom. The standard InChI is InChI=1S/2C8H9N5O5S.Na/c14-8-11-2-6(12-5-9-4-10-12)1-7(3-11)13(8)18-19(15,16)17;14-8-11-4-6(12-2-1-9-10-12)3-7(5-11)13(8)18-19(15,16)17;/h1,4-5,7H,2-3H2,(H,15,16,17);1-3,7H,4-5H2,(H,15,16,17);/q;;+1/p-1/t;7-;/m.1./s1.